The van der Waals surface area contributed by atoms with Crippen LogP contribution in [0.4, 0.5) is 0 Å². The fourth-order valence-electron chi connectivity index (χ4n) is 4.33. The summed E-state index contributed by atoms with van der Waals surface area (Å²) in [4.78, 5) is 20.4. The predicted molar refractivity (Wildman–Crippen MR) is 93.8 cm³/mol. The summed E-state index contributed by atoms with van der Waals surface area (Å²) in [6.45, 7) is 1.62. The lowest BCUT2D eigenvalue weighted by molar-refractivity contribution is -0.137. The van der Waals surface area contributed by atoms with Crippen molar-refractivity contribution in [1.82, 2.24) is 4.90 Å². The summed E-state index contributed by atoms with van der Waals surface area (Å²) in [7, 11) is 0. The van der Waals surface area contributed by atoms with E-state index in [4.69, 9.17) is 4.84 Å². The monoisotopic (exact) mass is 326 g/mol. The van der Waals surface area contributed by atoms with E-state index in [1.54, 1.807) is 0 Å². The predicted octanol–water partition coefficient (Wildman–Crippen LogP) is 3.75. The molecule has 4 nitrogen and oxygen atoms in total. The van der Waals surface area contributed by atoms with Crippen molar-refractivity contribution in [1.29, 1.82) is 0 Å². The highest BCUT2D eigenvalue weighted by molar-refractivity contribution is 6.01. The van der Waals surface area contributed by atoms with Crippen LogP contribution in [0.15, 0.2) is 35.5 Å². The summed E-state index contributed by atoms with van der Waals surface area (Å²) in [5.41, 5.74) is 2.01. The van der Waals surface area contributed by atoms with E-state index < -0.39 is 0 Å². The van der Waals surface area contributed by atoms with Crippen molar-refractivity contribution in [2.45, 2.75) is 57.0 Å². The van der Waals surface area contributed by atoms with E-state index in [2.05, 4.69) is 17.3 Å². The Bertz CT molecular complexity index is 612. The molecule has 24 heavy (non-hydrogen) atoms. The molecule has 4 rings (SSSR count). The average molecular weight is 326 g/mol. The third-order valence-corrected chi connectivity index (χ3v) is 5.91. The molecule has 1 amide bonds. The first-order valence-corrected chi connectivity index (χ1v) is 9.32. The molecule has 1 saturated heterocycles. The first-order chi connectivity index (χ1) is 11.7. The third-order valence-electron chi connectivity index (χ3n) is 5.91. The average Bonchev–Trinajstić information content (AvgIpc) is 3.27. The minimum Gasteiger partial charge on any atom is -0.388 e. The van der Waals surface area contributed by atoms with Crippen molar-refractivity contribution in [3.05, 3.63) is 35.9 Å². The van der Waals surface area contributed by atoms with Gasteiger partial charge in [0.15, 0.2) is 0 Å². The van der Waals surface area contributed by atoms with Gasteiger partial charge in [0.25, 0.3) is 0 Å². The van der Waals surface area contributed by atoms with Crippen LogP contribution in [0.3, 0.4) is 0 Å². The maximum atomic E-state index is 12.5. The van der Waals surface area contributed by atoms with Gasteiger partial charge in [-0.25, -0.2) is 0 Å². The fraction of sp³-hybridized carbons (Fsp3) is 0.600. The number of hydrogen-bond acceptors (Lipinski definition) is 3. The van der Waals surface area contributed by atoms with E-state index in [-0.39, 0.29) is 5.60 Å². The highest BCUT2D eigenvalue weighted by Crippen LogP contribution is 2.37. The summed E-state index contributed by atoms with van der Waals surface area (Å²) in [6, 6.07) is 10.3. The van der Waals surface area contributed by atoms with Crippen LogP contribution < -0.4 is 0 Å². The van der Waals surface area contributed by atoms with Gasteiger partial charge in [-0.1, -0.05) is 48.3 Å². The van der Waals surface area contributed by atoms with Gasteiger partial charge in [-0.05, 0) is 24.3 Å². The Morgan fingerprint density at radius 1 is 1.17 bits per heavy atom. The van der Waals surface area contributed by atoms with E-state index in [0.717, 1.165) is 50.0 Å². The zero-order chi connectivity index (χ0) is 16.4. The standard InChI is InChI=1S/C20H26N2O2/c23-19(14-16-6-4-5-7-16)22-12-10-20(11-13-22)15-18(21-24-20)17-8-2-1-3-9-17/h1-3,8-9,16H,4-7,10-15H2. The number of amides is 1. The van der Waals surface area contributed by atoms with Crippen molar-refractivity contribution < 1.29 is 9.63 Å². The Morgan fingerprint density at radius 3 is 2.58 bits per heavy atom. The molecule has 0 bridgehead atoms. The van der Waals surface area contributed by atoms with Gasteiger partial charge in [-0.15, -0.1) is 0 Å². The van der Waals surface area contributed by atoms with Gasteiger partial charge < -0.3 is 9.74 Å². The molecule has 1 saturated carbocycles. The van der Waals surface area contributed by atoms with Crippen molar-refractivity contribution in [2.75, 3.05) is 13.1 Å². The number of likely N-dealkylation sites (tertiary alicyclic amines) is 1. The molecule has 0 unspecified atom stereocenters. The Labute approximate surface area is 143 Å². The van der Waals surface area contributed by atoms with Crippen LogP contribution in [0.5, 0.6) is 0 Å². The molecule has 2 heterocycles. The van der Waals surface area contributed by atoms with E-state index >= 15 is 0 Å². The molecule has 4 heteroatoms. The summed E-state index contributed by atoms with van der Waals surface area (Å²) < 4.78 is 0. The molecule has 3 aliphatic rings. The smallest absolute Gasteiger partial charge is 0.222 e. The van der Waals surface area contributed by atoms with Crippen LogP contribution in [0.25, 0.3) is 0 Å². The van der Waals surface area contributed by atoms with Crippen LogP contribution in [0.1, 0.15) is 56.9 Å². The van der Waals surface area contributed by atoms with E-state index in [1.807, 2.05) is 23.1 Å². The number of piperidine rings is 1. The van der Waals surface area contributed by atoms with Crippen molar-refractivity contribution in [3.63, 3.8) is 0 Å². The van der Waals surface area contributed by atoms with Gasteiger partial charge in [-0.2, -0.15) is 0 Å². The first-order valence-electron chi connectivity index (χ1n) is 9.32. The minimum atomic E-state index is -0.185. The van der Waals surface area contributed by atoms with E-state index in [1.165, 1.54) is 25.7 Å². The van der Waals surface area contributed by atoms with Crippen LogP contribution in [0.2, 0.25) is 0 Å². The van der Waals surface area contributed by atoms with Gasteiger partial charge >= 0.3 is 0 Å². The number of hydrogen-bond donors (Lipinski definition) is 0. The maximum Gasteiger partial charge on any atom is 0.222 e. The fourth-order valence-corrected chi connectivity index (χ4v) is 4.33. The summed E-state index contributed by atoms with van der Waals surface area (Å²) in [5, 5.41) is 4.35. The van der Waals surface area contributed by atoms with Crippen LogP contribution in [-0.4, -0.2) is 35.2 Å². The molecule has 1 spiro atoms. The molecule has 2 fully saturated rings. The van der Waals surface area contributed by atoms with Gasteiger partial charge in [0, 0.05) is 38.8 Å². The van der Waals surface area contributed by atoms with Crippen molar-refractivity contribution in [3.8, 4) is 0 Å². The van der Waals surface area contributed by atoms with E-state index in [0.29, 0.717) is 11.8 Å². The molecular formula is C20H26N2O2. The lowest BCUT2D eigenvalue weighted by Gasteiger charge is -2.37. The molecule has 2 aliphatic heterocycles. The second-order valence-corrected chi connectivity index (χ2v) is 7.59. The van der Waals surface area contributed by atoms with Crippen LogP contribution in [0, 0.1) is 5.92 Å². The van der Waals surface area contributed by atoms with E-state index in [9.17, 15) is 4.79 Å². The lowest BCUT2D eigenvalue weighted by atomic mass is 9.85. The second kappa shape index (κ2) is 6.58. The Balaban J connectivity index is 1.31. The molecular weight excluding hydrogens is 300 g/mol. The van der Waals surface area contributed by atoms with Gasteiger partial charge in [0.1, 0.15) is 5.60 Å². The van der Waals surface area contributed by atoms with Crippen LogP contribution >= 0.6 is 0 Å². The molecule has 0 radical (unpaired) electrons. The largest absolute Gasteiger partial charge is 0.388 e. The number of benzene rings is 1. The molecule has 0 aromatic heterocycles. The number of oxime groups is 1. The number of carbonyl (C=O) groups is 1. The summed E-state index contributed by atoms with van der Waals surface area (Å²) in [5.74, 6) is 0.975. The maximum absolute atomic E-state index is 12.5. The zero-order valence-electron chi connectivity index (χ0n) is 14.2. The molecule has 1 aliphatic carbocycles. The van der Waals surface area contributed by atoms with Gasteiger partial charge in [-0.3, -0.25) is 4.79 Å². The Hall–Kier alpha value is -1.84. The quantitative estimate of drug-likeness (QED) is 0.849. The lowest BCUT2D eigenvalue weighted by Crippen LogP contribution is -2.47. The third kappa shape index (κ3) is 3.19. The topological polar surface area (TPSA) is 41.9 Å². The molecule has 128 valence electrons. The first kappa shape index (κ1) is 15.7. The number of rotatable bonds is 3. The minimum absolute atomic E-state index is 0.185. The zero-order valence-corrected chi connectivity index (χ0v) is 14.2. The molecule has 0 atom stereocenters. The number of carbonyl (C=O) groups excluding carboxylic acids is 1. The summed E-state index contributed by atoms with van der Waals surface area (Å²) in [6.07, 6.45) is 8.47. The number of nitrogens with zero attached hydrogens (tertiary/aromatic N) is 2. The molecule has 1 aromatic carbocycles. The summed E-state index contributed by atoms with van der Waals surface area (Å²) >= 11 is 0. The Kier molecular flexibility index (Phi) is 4.30. The highest BCUT2D eigenvalue weighted by atomic mass is 16.7. The van der Waals surface area contributed by atoms with Crippen molar-refractivity contribution in [2.24, 2.45) is 11.1 Å². The van der Waals surface area contributed by atoms with Gasteiger partial charge in [0.05, 0.1) is 5.71 Å². The molecule has 0 N–H and O–H groups in total. The van der Waals surface area contributed by atoms with Crippen molar-refractivity contribution >= 4 is 11.6 Å². The second-order valence-electron chi connectivity index (χ2n) is 7.59. The van der Waals surface area contributed by atoms with Gasteiger partial charge in [0.2, 0.25) is 5.91 Å². The highest BCUT2D eigenvalue weighted by Gasteiger charge is 2.43. The SMILES string of the molecule is O=C(CC1CCCC1)N1CCC2(CC1)CC(c1ccccc1)=NO2. The Morgan fingerprint density at radius 2 is 1.88 bits per heavy atom. The molecule has 1 aromatic rings. The van der Waals surface area contributed by atoms with Crippen LogP contribution in [-0.2, 0) is 9.63 Å². The normalized spacial score (nSPS) is 23.3.